The Kier molecular flexibility index (Phi) is 5.13. The van der Waals surface area contributed by atoms with Gasteiger partial charge in [0.05, 0.1) is 5.56 Å². The molecular formula is C20H13I2N3O2. The SMILES string of the molecule is Cc1c(NC(=O)c2cc(I)ccc2I)cccc1-c1nc2ncccc2o1. The monoisotopic (exact) mass is 581 g/mol. The summed E-state index contributed by atoms with van der Waals surface area (Å²) in [6.45, 7) is 1.94. The van der Waals surface area contributed by atoms with Crippen molar-refractivity contribution in [2.24, 2.45) is 0 Å². The Balaban J connectivity index is 1.69. The number of hydrogen-bond acceptors (Lipinski definition) is 4. The maximum absolute atomic E-state index is 12.8. The third kappa shape index (κ3) is 3.70. The fourth-order valence-corrected chi connectivity index (χ4v) is 3.82. The molecule has 0 aliphatic carbocycles. The number of carbonyl (C=O) groups is 1. The van der Waals surface area contributed by atoms with E-state index in [4.69, 9.17) is 4.42 Å². The van der Waals surface area contributed by atoms with Gasteiger partial charge < -0.3 is 9.73 Å². The molecule has 0 aliphatic heterocycles. The highest BCUT2D eigenvalue weighted by Crippen LogP contribution is 2.30. The zero-order valence-corrected chi connectivity index (χ0v) is 18.5. The number of amides is 1. The minimum atomic E-state index is -0.141. The maximum atomic E-state index is 12.8. The van der Waals surface area contributed by atoms with Crippen LogP contribution in [-0.2, 0) is 0 Å². The Morgan fingerprint density at radius 2 is 1.96 bits per heavy atom. The molecule has 1 N–H and O–H groups in total. The summed E-state index contributed by atoms with van der Waals surface area (Å²) in [5, 5.41) is 3.01. The summed E-state index contributed by atoms with van der Waals surface area (Å²) in [5.74, 6) is 0.346. The van der Waals surface area contributed by atoms with Gasteiger partial charge >= 0.3 is 0 Å². The van der Waals surface area contributed by atoms with Crippen LogP contribution in [0.25, 0.3) is 22.7 Å². The summed E-state index contributed by atoms with van der Waals surface area (Å²) >= 11 is 4.37. The number of carbonyl (C=O) groups excluding carboxylic acids is 1. The van der Waals surface area contributed by atoms with E-state index in [0.717, 1.165) is 24.0 Å². The molecule has 2 heterocycles. The van der Waals surface area contributed by atoms with Crippen LogP contribution in [0.3, 0.4) is 0 Å². The number of oxazole rings is 1. The van der Waals surface area contributed by atoms with Crippen LogP contribution in [0, 0.1) is 14.1 Å². The van der Waals surface area contributed by atoms with E-state index in [1.54, 1.807) is 6.20 Å². The van der Waals surface area contributed by atoms with E-state index in [2.05, 4.69) is 60.5 Å². The Morgan fingerprint density at radius 1 is 1.11 bits per heavy atom. The van der Waals surface area contributed by atoms with Crippen molar-refractivity contribution in [1.82, 2.24) is 9.97 Å². The molecule has 2 aromatic carbocycles. The van der Waals surface area contributed by atoms with E-state index in [1.807, 2.05) is 55.5 Å². The van der Waals surface area contributed by atoms with Gasteiger partial charge in [-0.25, -0.2) is 4.98 Å². The molecule has 0 aliphatic rings. The number of pyridine rings is 1. The van der Waals surface area contributed by atoms with Gasteiger partial charge in [0.2, 0.25) is 5.89 Å². The van der Waals surface area contributed by atoms with Crippen molar-refractivity contribution in [1.29, 1.82) is 0 Å². The highest BCUT2D eigenvalue weighted by Gasteiger charge is 2.16. The first-order chi connectivity index (χ1) is 13.0. The summed E-state index contributed by atoms with van der Waals surface area (Å²) in [4.78, 5) is 21.4. The molecule has 0 saturated carbocycles. The third-order valence-electron chi connectivity index (χ3n) is 4.15. The normalized spacial score (nSPS) is 10.9. The highest BCUT2D eigenvalue weighted by atomic mass is 127. The van der Waals surface area contributed by atoms with E-state index in [9.17, 15) is 4.79 Å². The maximum Gasteiger partial charge on any atom is 0.256 e. The quantitative estimate of drug-likeness (QED) is 0.318. The molecule has 134 valence electrons. The number of benzene rings is 2. The van der Waals surface area contributed by atoms with Crippen molar-refractivity contribution in [2.75, 3.05) is 5.32 Å². The second-order valence-corrected chi connectivity index (χ2v) is 8.31. The molecule has 0 radical (unpaired) electrons. The first-order valence-corrected chi connectivity index (χ1v) is 10.3. The van der Waals surface area contributed by atoms with E-state index in [0.29, 0.717) is 22.7 Å². The zero-order chi connectivity index (χ0) is 19.0. The van der Waals surface area contributed by atoms with Gasteiger partial charge in [-0.15, -0.1) is 0 Å². The molecule has 0 atom stereocenters. The Hall–Kier alpha value is -2.01. The molecule has 1 amide bonds. The molecule has 5 nitrogen and oxygen atoms in total. The van der Waals surface area contributed by atoms with E-state index in [-0.39, 0.29) is 5.91 Å². The Morgan fingerprint density at radius 3 is 2.78 bits per heavy atom. The number of rotatable bonds is 3. The summed E-state index contributed by atoms with van der Waals surface area (Å²) in [5.41, 5.74) is 4.28. The van der Waals surface area contributed by atoms with Crippen molar-refractivity contribution in [3.8, 4) is 11.5 Å². The summed E-state index contributed by atoms with van der Waals surface area (Å²) in [7, 11) is 0. The first-order valence-electron chi connectivity index (χ1n) is 8.11. The van der Waals surface area contributed by atoms with E-state index >= 15 is 0 Å². The predicted molar refractivity (Wildman–Crippen MR) is 122 cm³/mol. The van der Waals surface area contributed by atoms with Crippen molar-refractivity contribution in [3.05, 3.63) is 73.0 Å². The Labute approximate surface area is 182 Å². The van der Waals surface area contributed by atoms with Crippen LogP contribution >= 0.6 is 45.2 Å². The lowest BCUT2D eigenvalue weighted by Crippen LogP contribution is -2.14. The predicted octanol–water partition coefficient (Wildman–Crippen LogP) is 5.66. The number of nitrogens with one attached hydrogen (secondary N) is 1. The van der Waals surface area contributed by atoms with Gasteiger partial charge in [0.1, 0.15) is 0 Å². The second kappa shape index (κ2) is 7.55. The minimum Gasteiger partial charge on any atom is -0.434 e. The fourth-order valence-electron chi connectivity index (χ4n) is 2.75. The number of hydrogen-bond donors (Lipinski definition) is 1. The molecule has 2 aromatic heterocycles. The number of halogens is 2. The fraction of sp³-hybridized carbons (Fsp3) is 0.0500. The lowest BCUT2D eigenvalue weighted by Gasteiger charge is -2.12. The standard InChI is InChI=1S/C20H13I2N3O2/c1-11-13(20-25-18-17(27-20)6-3-9-23-18)4-2-5-16(11)24-19(26)14-10-12(21)7-8-15(14)22/h2-10H,1H3,(H,24,26). The van der Waals surface area contributed by atoms with Crippen LogP contribution in [0.5, 0.6) is 0 Å². The van der Waals surface area contributed by atoms with Crippen molar-refractivity contribution >= 4 is 68.0 Å². The van der Waals surface area contributed by atoms with Crippen LogP contribution in [0.2, 0.25) is 0 Å². The van der Waals surface area contributed by atoms with Crippen molar-refractivity contribution < 1.29 is 9.21 Å². The van der Waals surface area contributed by atoms with Gasteiger partial charge in [-0.1, -0.05) is 6.07 Å². The highest BCUT2D eigenvalue weighted by molar-refractivity contribution is 14.1. The van der Waals surface area contributed by atoms with E-state index < -0.39 is 0 Å². The molecule has 0 unspecified atom stereocenters. The van der Waals surface area contributed by atoms with Crippen molar-refractivity contribution in [2.45, 2.75) is 6.92 Å². The number of anilines is 1. The van der Waals surface area contributed by atoms with Gasteiger partial charge in [-0.05, 0) is 100 Å². The van der Waals surface area contributed by atoms with Crippen LogP contribution < -0.4 is 5.32 Å². The molecule has 4 aromatic rings. The number of aromatic nitrogens is 2. The Bertz CT molecular complexity index is 1140. The van der Waals surface area contributed by atoms with Crippen LogP contribution in [0.1, 0.15) is 15.9 Å². The molecular weight excluding hydrogens is 568 g/mol. The van der Waals surface area contributed by atoms with E-state index in [1.165, 1.54) is 0 Å². The summed E-state index contributed by atoms with van der Waals surface area (Å²) in [6, 6.07) is 15.1. The zero-order valence-electron chi connectivity index (χ0n) is 14.2. The van der Waals surface area contributed by atoms with Crippen molar-refractivity contribution in [3.63, 3.8) is 0 Å². The van der Waals surface area contributed by atoms with Gasteiger partial charge in [0.25, 0.3) is 5.91 Å². The van der Waals surface area contributed by atoms with Gasteiger partial charge in [0.15, 0.2) is 11.2 Å². The molecule has 0 spiro atoms. The van der Waals surface area contributed by atoms with Crippen LogP contribution in [-0.4, -0.2) is 15.9 Å². The smallest absolute Gasteiger partial charge is 0.256 e. The minimum absolute atomic E-state index is 0.141. The molecule has 27 heavy (non-hydrogen) atoms. The lowest BCUT2D eigenvalue weighted by atomic mass is 10.1. The topological polar surface area (TPSA) is 68.0 Å². The van der Waals surface area contributed by atoms with Gasteiger partial charge in [-0.3, -0.25) is 4.79 Å². The first kappa shape index (κ1) is 18.4. The second-order valence-electron chi connectivity index (χ2n) is 5.90. The summed E-state index contributed by atoms with van der Waals surface area (Å²) in [6.07, 6.45) is 1.68. The number of nitrogens with zero attached hydrogens (tertiary/aromatic N) is 2. The van der Waals surface area contributed by atoms with Gasteiger partial charge in [0, 0.05) is 24.6 Å². The molecule has 7 heteroatoms. The average molecular weight is 581 g/mol. The largest absolute Gasteiger partial charge is 0.434 e. The molecule has 0 saturated heterocycles. The number of fused-ring (bicyclic) bond motifs is 1. The molecule has 0 bridgehead atoms. The summed E-state index contributed by atoms with van der Waals surface area (Å²) < 4.78 is 7.75. The van der Waals surface area contributed by atoms with Crippen LogP contribution in [0.4, 0.5) is 5.69 Å². The van der Waals surface area contributed by atoms with Gasteiger partial charge in [-0.2, -0.15) is 4.98 Å². The third-order valence-corrected chi connectivity index (χ3v) is 5.76. The lowest BCUT2D eigenvalue weighted by molar-refractivity contribution is 0.102. The average Bonchev–Trinajstić information content (AvgIpc) is 3.09. The molecule has 0 fully saturated rings. The van der Waals surface area contributed by atoms with Crippen LogP contribution in [0.15, 0.2) is 59.1 Å². The molecule has 4 rings (SSSR count).